The summed E-state index contributed by atoms with van der Waals surface area (Å²) in [6.07, 6.45) is 0. The highest BCUT2D eigenvalue weighted by Gasteiger charge is 2.47. The fourth-order valence-electron chi connectivity index (χ4n) is 3.35. The highest BCUT2D eigenvalue weighted by atomic mass is 32.2. The lowest BCUT2D eigenvalue weighted by Gasteiger charge is -2.26. The molecule has 2 atom stereocenters. The Kier molecular flexibility index (Phi) is 4.67. The molecule has 9 heteroatoms. The first-order valence-electron chi connectivity index (χ1n) is 8.23. The maximum absolute atomic E-state index is 14.4. The molecule has 0 amide bonds. The topological polar surface area (TPSA) is 49.7 Å². The van der Waals surface area contributed by atoms with Gasteiger partial charge in [0.15, 0.2) is 15.0 Å². The number of rotatable bonds is 3. The highest BCUT2D eigenvalue weighted by molar-refractivity contribution is 8.13. The molecular weight excluding hydrogens is 397 g/mol. The van der Waals surface area contributed by atoms with Crippen LogP contribution in [0, 0.1) is 17.5 Å². The predicted octanol–water partition coefficient (Wildman–Crippen LogP) is 3.38. The number of benzene rings is 2. The van der Waals surface area contributed by atoms with Crippen LogP contribution in [-0.2, 0) is 15.6 Å². The van der Waals surface area contributed by atoms with Gasteiger partial charge in [-0.2, -0.15) is 0 Å². The van der Waals surface area contributed by atoms with Crippen molar-refractivity contribution in [2.75, 3.05) is 16.4 Å². The molecule has 1 saturated heterocycles. The minimum Gasteiger partial charge on any atom is -0.312 e. The molecule has 0 N–H and O–H groups in total. The number of nitrogens with zero attached hydrogens (tertiary/aromatic N) is 2. The lowest BCUT2D eigenvalue weighted by atomic mass is 10.1. The summed E-state index contributed by atoms with van der Waals surface area (Å²) < 4.78 is 65.5. The molecule has 1 fully saturated rings. The Labute approximate surface area is 159 Å². The van der Waals surface area contributed by atoms with Gasteiger partial charge in [-0.25, -0.2) is 21.6 Å². The molecule has 4 rings (SSSR count). The Morgan fingerprint density at radius 1 is 1.07 bits per heavy atom. The number of sulfone groups is 1. The van der Waals surface area contributed by atoms with Gasteiger partial charge in [0.1, 0.15) is 17.5 Å². The zero-order valence-electron chi connectivity index (χ0n) is 14.0. The van der Waals surface area contributed by atoms with Gasteiger partial charge in [0.2, 0.25) is 0 Å². The van der Waals surface area contributed by atoms with Crippen molar-refractivity contribution in [1.29, 1.82) is 0 Å². The average Bonchev–Trinajstić information content (AvgIpc) is 3.06. The molecule has 27 heavy (non-hydrogen) atoms. The Morgan fingerprint density at radius 3 is 2.59 bits per heavy atom. The van der Waals surface area contributed by atoms with Gasteiger partial charge in [-0.05, 0) is 23.8 Å². The second-order valence-corrected chi connectivity index (χ2v) is 9.57. The van der Waals surface area contributed by atoms with Gasteiger partial charge in [0.25, 0.3) is 0 Å². The first-order valence-corrected chi connectivity index (χ1v) is 11.0. The van der Waals surface area contributed by atoms with Crippen molar-refractivity contribution in [3.8, 4) is 0 Å². The fraction of sp³-hybridized carbons (Fsp3) is 0.278. The van der Waals surface area contributed by atoms with E-state index in [1.54, 1.807) is 18.2 Å². The quantitative estimate of drug-likeness (QED) is 0.776. The number of amidine groups is 1. The van der Waals surface area contributed by atoms with E-state index in [0.717, 1.165) is 12.1 Å². The Balaban J connectivity index is 1.66. The molecule has 142 valence electrons. The molecule has 0 radical (unpaired) electrons. The first kappa shape index (κ1) is 18.4. The lowest BCUT2D eigenvalue weighted by molar-refractivity contribution is 0.577. The third kappa shape index (κ3) is 3.58. The van der Waals surface area contributed by atoms with Crippen LogP contribution in [0.4, 0.5) is 18.9 Å². The minimum absolute atomic E-state index is 0.0702. The van der Waals surface area contributed by atoms with Crippen molar-refractivity contribution in [2.45, 2.75) is 17.8 Å². The van der Waals surface area contributed by atoms with Crippen molar-refractivity contribution in [2.24, 2.45) is 4.99 Å². The second kappa shape index (κ2) is 6.87. The molecule has 0 saturated carbocycles. The number of thioether (sulfide) groups is 1. The van der Waals surface area contributed by atoms with Gasteiger partial charge in [-0.3, -0.25) is 4.99 Å². The second-order valence-electron chi connectivity index (χ2n) is 6.47. The van der Waals surface area contributed by atoms with E-state index in [1.807, 2.05) is 0 Å². The summed E-state index contributed by atoms with van der Waals surface area (Å²) in [6, 6.07) is 8.40. The standard InChI is InChI=1S/C18H15F3N2O2S2/c19-12-5-6-16(14(21)7-12)23-17-10-27(24,25)9-15(17)22-18(23)26-8-11-3-1-2-4-13(11)20/h1-7,15,17H,8-10H2/t15-,17-/m1/s1. The van der Waals surface area contributed by atoms with Crippen LogP contribution in [0.2, 0.25) is 0 Å². The number of aliphatic imine (C=N–C) groups is 1. The van der Waals surface area contributed by atoms with E-state index in [9.17, 15) is 21.6 Å². The van der Waals surface area contributed by atoms with Crippen LogP contribution < -0.4 is 4.90 Å². The van der Waals surface area contributed by atoms with Crippen LogP contribution in [0.3, 0.4) is 0 Å². The maximum Gasteiger partial charge on any atom is 0.164 e. The van der Waals surface area contributed by atoms with Gasteiger partial charge >= 0.3 is 0 Å². The number of fused-ring (bicyclic) bond motifs is 1. The van der Waals surface area contributed by atoms with Crippen LogP contribution in [-0.4, -0.2) is 37.2 Å². The molecule has 0 aliphatic carbocycles. The van der Waals surface area contributed by atoms with E-state index >= 15 is 0 Å². The summed E-state index contributed by atoms with van der Waals surface area (Å²) in [5.41, 5.74) is 0.537. The van der Waals surface area contributed by atoms with E-state index in [2.05, 4.69) is 4.99 Å². The number of anilines is 1. The molecule has 4 nitrogen and oxygen atoms in total. The van der Waals surface area contributed by atoms with Crippen molar-refractivity contribution < 1.29 is 21.6 Å². The zero-order chi connectivity index (χ0) is 19.2. The summed E-state index contributed by atoms with van der Waals surface area (Å²) in [7, 11) is -3.28. The third-order valence-electron chi connectivity index (χ3n) is 4.59. The normalized spacial score (nSPS) is 23.4. The molecule has 0 spiro atoms. The van der Waals surface area contributed by atoms with E-state index in [4.69, 9.17) is 0 Å². The molecule has 0 unspecified atom stereocenters. The summed E-state index contributed by atoms with van der Waals surface area (Å²) in [4.78, 5) is 5.96. The van der Waals surface area contributed by atoms with E-state index in [-0.39, 0.29) is 28.8 Å². The van der Waals surface area contributed by atoms with Crippen molar-refractivity contribution in [1.82, 2.24) is 0 Å². The van der Waals surface area contributed by atoms with Crippen molar-refractivity contribution in [3.05, 3.63) is 65.5 Å². The first-order chi connectivity index (χ1) is 12.8. The number of halogens is 3. The molecule has 2 aliphatic rings. The Bertz CT molecular complexity index is 1030. The van der Waals surface area contributed by atoms with Crippen LogP contribution in [0.5, 0.6) is 0 Å². The number of hydrogen-bond donors (Lipinski definition) is 0. The largest absolute Gasteiger partial charge is 0.312 e. The van der Waals surface area contributed by atoms with Crippen LogP contribution in [0.25, 0.3) is 0 Å². The van der Waals surface area contributed by atoms with Crippen LogP contribution in [0.1, 0.15) is 5.56 Å². The van der Waals surface area contributed by atoms with Gasteiger partial charge in [0.05, 0.1) is 29.3 Å². The summed E-state index contributed by atoms with van der Waals surface area (Å²) in [5, 5.41) is 0.411. The van der Waals surface area contributed by atoms with Crippen LogP contribution in [0.15, 0.2) is 47.5 Å². The smallest absolute Gasteiger partial charge is 0.164 e. The molecule has 0 aromatic heterocycles. The Morgan fingerprint density at radius 2 is 1.85 bits per heavy atom. The van der Waals surface area contributed by atoms with Gasteiger partial charge in [-0.1, -0.05) is 30.0 Å². The van der Waals surface area contributed by atoms with Crippen LogP contribution >= 0.6 is 11.8 Å². The number of hydrogen-bond acceptors (Lipinski definition) is 5. The molecular formula is C18H15F3N2O2S2. The Hall–Kier alpha value is -2.00. The lowest BCUT2D eigenvalue weighted by Crippen LogP contribution is -2.39. The fourth-order valence-corrected chi connectivity index (χ4v) is 6.30. The van der Waals surface area contributed by atoms with Crippen molar-refractivity contribution >= 4 is 32.5 Å². The summed E-state index contributed by atoms with van der Waals surface area (Å²) >= 11 is 1.20. The zero-order valence-corrected chi connectivity index (χ0v) is 15.6. The monoisotopic (exact) mass is 412 g/mol. The predicted molar refractivity (Wildman–Crippen MR) is 100 cm³/mol. The summed E-state index contributed by atoms with van der Waals surface area (Å²) in [5.74, 6) is -1.87. The SMILES string of the molecule is O=S1(=O)C[C@@H]2[C@@H](C1)N=C(SCc1ccccc1F)N2c1ccc(F)cc1F. The molecule has 2 aromatic carbocycles. The molecule has 2 aromatic rings. The molecule has 2 aliphatic heterocycles. The van der Waals surface area contributed by atoms with Gasteiger partial charge in [-0.15, -0.1) is 0 Å². The van der Waals surface area contributed by atoms with Crippen molar-refractivity contribution in [3.63, 3.8) is 0 Å². The van der Waals surface area contributed by atoms with Gasteiger partial charge in [0, 0.05) is 11.8 Å². The average molecular weight is 412 g/mol. The van der Waals surface area contributed by atoms with Gasteiger partial charge < -0.3 is 4.90 Å². The minimum atomic E-state index is -3.28. The molecule has 2 heterocycles. The highest BCUT2D eigenvalue weighted by Crippen LogP contribution is 2.37. The van der Waals surface area contributed by atoms with E-state index in [0.29, 0.717) is 10.7 Å². The van der Waals surface area contributed by atoms with E-state index < -0.39 is 33.6 Å². The van der Waals surface area contributed by atoms with E-state index in [1.165, 1.54) is 28.8 Å². The maximum atomic E-state index is 14.4. The summed E-state index contributed by atoms with van der Waals surface area (Å²) in [6.45, 7) is 0. The molecule has 0 bridgehead atoms. The third-order valence-corrected chi connectivity index (χ3v) is 7.31.